The topological polar surface area (TPSA) is 61.2 Å². The lowest BCUT2D eigenvalue weighted by Crippen LogP contribution is -3.11. The van der Waals surface area contributed by atoms with E-state index in [0.717, 1.165) is 60.9 Å². The largest absolute Gasteiger partial charge is 0.497 e. The summed E-state index contributed by atoms with van der Waals surface area (Å²) in [6, 6.07) is 13.7. The molecule has 0 aromatic heterocycles. The van der Waals surface area contributed by atoms with Crippen LogP contribution in [0.5, 0.6) is 17.2 Å². The van der Waals surface area contributed by atoms with Gasteiger partial charge in [-0.05, 0) is 35.9 Å². The zero-order valence-corrected chi connectivity index (χ0v) is 17.5. The molecule has 0 saturated carbocycles. The number of nitrogens with one attached hydrogen (secondary N) is 2. The first-order valence-corrected chi connectivity index (χ1v) is 10.1. The molecule has 6 nitrogen and oxygen atoms in total. The third kappa shape index (κ3) is 5.64. The van der Waals surface area contributed by atoms with Crippen LogP contribution in [0.3, 0.4) is 0 Å². The molecule has 1 saturated heterocycles. The van der Waals surface area contributed by atoms with Crippen LogP contribution in [0.4, 0.5) is 0 Å². The van der Waals surface area contributed by atoms with Crippen molar-refractivity contribution >= 4 is 5.91 Å². The SMILES string of the molecule is COc1ccc(CNC(=O)C2CC[NH+](Cc3cc(OC)ccc3OC)CC2)cc1. The quantitative estimate of drug-likeness (QED) is 0.711. The number of quaternary nitrogens is 1. The second-order valence-electron chi connectivity index (χ2n) is 7.44. The summed E-state index contributed by atoms with van der Waals surface area (Å²) in [5.41, 5.74) is 2.22. The van der Waals surface area contributed by atoms with E-state index in [-0.39, 0.29) is 11.8 Å². The maximum absolute atomic E-state index is 12.6. The zero-order valence-electron chi connectivity index (χ0n) is 17.5. The van der Waals surface area contributed by atoms with Gasteiger partial charge in [-0.25, -0.2) is 0 Å². The Kier molecular flexibility index (Phi) is 7.36. The van der Waals surface area contributed by atoms with Gasteiger partial charge in [-0.15, -0.1) is 0 Å². The van der Waals surface area contributed by atoms with Crippen LogP contribution in [0, 0.1) is 5.92 Å². The Balaban J connectivity index is 1.48. The van der Waals surface area contributed by atoms with Gasteiger partial charge in [0.1, 0.15) is 23.8 Å². The van der Waals surface area contributed by atoms with E-state index >= 15 is 0 Å². The van der Waals surface area contributed by atoms with Crippen LogP contribution in [0.25, 0.3) is 0 Å². The van der Waals surface area contributed by atoms with Crippen molar-refractivity contribution < 1.29 is 23.9 Å². The normalized spacial score (nSPS) is 18.7. The average Bonchev–Trinajstić information content (AvgIpc) is 2.78. The smallest absolute Gasteiger partial charge is 0.223 e. The molecule has 0 bridgehead atoms. The van der Waals surface area contributed by atoms with E-state index in [9.17, 15) is 4.79 Å². The second-order valence-corrected chi connectivity index (χ2v) is 7.44. The molecule has 0 radical (unpaired) electrons. The maximum atomic E-state index is 12.6. The molecule has 2 aromatic rings. The van der Waals surface area contributed by atoms with Crippen LogP contribution in [0.2, 0.25) is 0 Å². The van der Waals surface area contributed by atoms with Gasteiger partial charge in [-0.3, -0.25) is 4.79 Å². The lowest BCUT2D eigenvalue weighted by atomic mass is 9.95. The predicted molar refractivity (Wildman–Crippen MR) is 112 cm³/mol. The highest BCUT2D eigenvalue weighted by molar-refractivity contribution is 5.78. The minimum absolute atomic E-state index is 0.0872. The predicted octanol–water partition coefficient (Wildman–Crippen LogP) is 1.82. The highest BCUT2D eigenvalue weighted by Crippen LogP contribution is 2.23. The van der Waals surface area contributed by atoms with Gasteiger partial charge < -0.3 is 24.4 Å². The van der Waals surface area contributed by atoms with Crippen molar-refractivity contribution in [2.45, 2.75) is 25.9 Å². The number of rotatable bonds is 8. The third-order valence-corrected chi connectivity index (χ3v) is 5.62. The van der Waals surface area contributed by atoms with Gasteiger partial charge in [0.2, 0.25) is 5.91 Å². The number of benzene rings is 2. The summed E-state index contributed by atoms with van der Waals surface area (Å²) < 4.78 is 16.0. The van der Waals surface area contributed by atoms with E-state index in [1.54, 1.807) is 21.3 Å². The van der Waals surface area contributed by atoms with E-state index in [2.05, 4.69) is 5.32 Å². The summed E-state index contributed by atoms with van der Waals surface area (Å²) in [6.07, 6.45) is 1.80. The number of piperidine rings is 1. The van der Waals surface area contributed by atoms with E-state index in [4.69, 9.17) is 14.2 Å². The van der Waals surface area contributed by atoms with Gasteiger partial charge in [0.05, 0.1) is 40.0 Å². The van der Waals surface area contributed by atoms with Gasteiger partial charge in [0.25, 0.3) is 0 Å². The van der Waals surface area contributed by atoms with E-state index < -0.39 is 0 Å². The Morgan fingerprint density at radius 1 is 0.966 bits per heavy atom. The fraction of sp³-hybridized carbons (Fsp3) is 0.435. The Labute approximate surface area is 172 Å². The number of ether oxygens (including phenoxy) is 3. The standard InChI is InChI=1S/C23H30N2O4/c1-27-20-6-4-17(5-7-20)15-24-23(26)18-10-12-25(13-11-18)16-19-14-21(28-2)8-9-22(19)29-3/h4-9,14,18H,10-13,15-16H2,1-3H3,(H,24,26)/p+1. The van der Waals surface area contributed by atoms with Crippen molar-refractivity contribution in [3.63, 3.8) is 0 Å². The number of hydrogen-bond donors (Lipinski definition) is 2. The Morgan fingerprint density at radius 3 is 2.24 bits per heavy atom. The van der Waals surface area contributed by atoms with E-state index in [0.29, 0.717) is 6.54 Å². The number of amides is 1. The lowest BCUT2D eigenvalue weighted by Gasteiger charge is -2.29. The van der Waals surface area contributed by atoms with Crippen molar-refractivity contribution in [2.24, 2.45) is 5.92 Å². The molecule has 1 aliphatic heterocycles. The van der Waals surface area contributed by atoms with Gasteiger partial charge in [0.15, 0.2) is 0 Å². The van der Waals surface area contributed by atoms with Crippen LogP contribution in [-0.2, 0) is 17.9 Å². The summed E-state index contributed by atoms with van der Waals surface area (Å²) in [4.78, 5) is 14.0. The van der Waals surface area contributed by atoms with Crippen molar-refractivity contribution in [1.29, 1.82) is 0 Å². The van der Waals surface area contributed by atoms with Gasteiger partial charge in [-0.2, -0.15) is 0 Å². The molecule has 0 unspecified atom stereocenters. The van der Waals surface area contributed by atoms with Gasteiger partial charge in [0, 0.05) is 25.3 Å². The summed E-state index contributed by atoms with van der Waals surface area (Å²) >= 11 is 0. The monoisotopic (exact) mass is 399 g/mol. The summed E-state index contributed by atoms with van der Waals surface area (Å²) in [5.74, 6) is 2.79. The molecular formula is C23H31N2O4+. The number of hydrogen-bond acceptors (Lipinski definition) is 4. The highest BCUT2D eigenvalue weighted by atomic mass is 16.5. The summed E-state index contributed by atoms with van der Waals surface area (Å²) in [7, 11) is 5.02. The maximum Gasteiger partial charge on any atom is 0.223 e. The third-order valence-electron chi connectivity index (χ3n) is 5.62. The molecular weight excluding hydrogens is 368 g/mol. The molecule has 0 aliphatic carbocycles. The molecule has 1 heterocycles. The molecule has 0 atom stereocenters. The first-order chi connectivity index (χ1) is 14.1. The minimum Gasteiger partial charge on any atom is -0.497 e. The van der Waals surface area contributed by atoms with Crippen LogP contribution in [-0.4, -0.2) is 40.3 Å². The fourth-order valence-electron chi connectivity index (χ4n) is 3.83. The van der Waals surface area contributed by atoms with Crippen molar-refractivity contribution in [3.05, 3.63) is 53.6 Å². The molecule has 3 rings (SSSR count). The molecule has 29 heavy (non-hydrogen) atoms. The number of carbonyl (C=O) groups excluding carboxylic acids is 1. The van der Waals surface area contributed by atoms with Crippen LogP contribution in [0.15, 0.2) is 42.5 Å². The fourth-order valence-corrected chi connectivity index (χ4v) is 3.83. The first-order valence-electron chi connectivity index (χ1n) is 10.1. The molecule has 2 aromatic carbocycles. The van der Waals surface area contributed by atoms with E-state index in [1.165, 1.54) is 4.90 Å². The number of carbonyl (C=O) groups is 1. The first kappa shape index (κ1) is 21.0. The molecule has 1 fully saturated rings. The molecule has 156 valence electrons. The van der Waals surface area contributed by atoms with Crippen LogP contribution < -0.4 is 24.4 Å². The molecule has 2 N–H and O–H groups in total. The summed E-state index contributed by atoms with van der Waals surface area (Å²) in [6.45, 7) is 3.37. The van der Waals surface area contributed by atoms with Crippen molar-refractivity contribution in [3.8, 4) is 17.2 Å². The molecule has 1 aliphatic rings. The lowest BCUT2D eigenvalue weighted by molar-refractivity contribution is -0.919. The Hall–Kier alpha value is -2.73. The molecule has 0 spiro atoms. The number of likely N-dealkylation sites (tertiary alicyclic amines) is 1. The number of methoxy groups -OCH3 is 3. The molecule has 6 heteroatoms. The van der Waals surface area contributed by atoms with Crippen LogP contribution in [0.1, 0.15) is 24.0 Å². The second kappa shape index (κ2) is 10.2. The van der Waals surface area contributed by atoms with Crippen molar-refractivity contribution in [2.75, 3.05) is 34.4 Å². The van der Waals surface area contributed by atoms with Gasteiger partial charge in [-0.1, -0.05) is 12.1 Å². The van der Waals surface area contributed by atoms with Crippen molar-refractivity contribution in [1.82, 2.24) is 5.32 Å². The van der Waals surface area contributed by atoms with Crippen LogP contribution >= 0.6 is 0 Å². The summed E-state index contributed by atoms with van der Waals surface area (Å²) in [5, 5.41) is 3.08. The Morgan fingerprint density at radius 2 is 1.62 bits per heavy atom. The molecule has 1 amide bonds. The Bertz CT molecular complexity index is 799. The zero-order chi connectivity index (χ0) is 20.6. The van der Waals surface area contributed by atoms with E-state index in [1.807, 2.05) is 42.5 Å². The highest BCUT2D eigenvalue weighted by Gasteiger charge is 2.28. The average molecular weight is 400 g/mol. The minimum atomic E-state index is 0.0872. The van der Waals surface area contributed by atoms with Gasteiger partial charge >= 0.3 is 0 Å².